The van der Waals surface area contributed by atoms with Crippen molar-refractivity contribution in [1.29, 1.82) is 5.26 Å². The summed E-state index contributed by atoms with van der Waals surface area (Å²) in [5, 5.41) is 10.8. The minimum atomic E-state index is -0.0683. The molecular formula is C108H154Cl2F2N4. The molecule has 9 rings (SSSR count). The summed E-state index contributed by atoms with van der Waals surface area (Å²) in [6.45, 7) is 84.2. The minimum Gasteiger partial charge on any atom is -0.261 e. The van der Waals surface area contributed by atoms with Gasteiger partial charge in [-0.1, -0.05) is 393 Å². The summed E-state index contributed by atoms with van der Waals surface area (Å²) >= 11 is 12.3. The number of aromatic nitrogens is 2. The zero-order chi connectivity index (χ0) is 88.9. The molecule has 0 aliphatic carbocycles. The van der Waals surface area contributed by atoms with Crippen LogP contribution in [0.3, 0.4) is 0 Å². The smallest absolute Gasteiger partial charge is 0.190 e. The lowest BCUT2D eigenvalue weighted by Gasteiger charge is -2.11. The summed E-state index contributed by atoms with van der Waals surface area (Å²) in [6, 6.07) is 56.2. The van der Waals surface area contributed by atoms with Gasteiger partial charge in [-0.05, 0) is 232 Å². The van der Waals surface area contributed by atoms with Crippen LogP contribution in [0.2, 0.25) is 10.0 Å². The molecule has 2 heterocycles. The van der Waals surface area contributed by atoms with Crippen LogP contribution < -0.4 is 0 Å². The highest BCUT2D eigenvalue weighted by molar-refractivity contribution is 6.31. The van der Waals surface area contributed by atoms with E-state index < -0.39 is 0 Å². The predicted octanol–water partition coefficient (Wildman–Crippen LogP) is 36.2. The summed E-state index contributed by atoms with van der Waals surface area (Å²) in [5.74, 6) is 8.68. The van der Waals surface area contributed by atoms with Crippen molar-refractivity contribution in [2.24, 2.45) is 0 Å². The van der Waals surface area contributed by atoms with Crippen LogP contribution in [-0.2, 0) is 0 Å². The normalized spacial score (nSPS) is 11.1. The standard InChI is InChI=1S/2C13H17N.2C12H17Cl.2C12H17F.C12H18.2C11H17N/c1-9(2)11-6-7-12(10(3)4)13(8-11)14-5;1-9(2)11-5-6-13(10(3)4)12(7-11)8-14;4*1-8(2)10-5-6-11(9(3)4)12(13)7-10;1-9(2)11-5-7-12(8-6-11)10(3)4;2*1-8(2)10-5-6-11(9(3)4)12-7-10/h6-10H,1-4H3;5-7,9-10H,1-4H3;4*5-9H,1-4H3;5-10H,1-4H3;2*5-9H,1-4H3. The third-order valence-corrected chi connectivity index (χ3v) is 21.3. The molecule has 2 aromatic heterocycles. The Labute approximate surface area is 719 Å². The Bertz CT molecular complexity index is 3810. The van der Waals surface area contributed by atoms with Gasteiger partial charge in [0.15, 0.2) is 5.69 Å². The molecule has 0 aliphatic rings. The Morgan fingerprint density at radius 1 is 0.259 bits per heavy atom. The van der Waals surface area contributed by atoms with Gasteiger partial charge in [-0.25, -0.2) is 13.6 Å². The zero-order valence-corrected chi connectivity index (χ0v) is 80.4. The van der Waals surface area contributed by atoms with Crippen molar-refractivity contribution in [2.45, 2.75) is 356 Å². The van der Waals surface area contributed by atoms with Gasteiger partial charge >= 0.3 is 0 Å². The third kappa shape index (κ3) is 37.9. The van der Waals surface area contributed by atoms with Gasteiger partial charge in [-0.2, -0.15) is 5.26 Å². The molecule has 0 radical (unpaired) electrons. The van der Waals surface area contributed by atoms with E-state index in [1.165, 1.54) is 67.0 Å². The van der Waals surface area contributed by atoms with Crippen molar-refractivity contribution in [3.63, 3.8) is 0 Å². The second-order valence-electron chi connectivity index (χ2n) is 36.5. The van der Waals surface area contributed by atoms with Crippen molar-refractivity contribution < 1.29 is 8.78 Å². The van der Waals surface area contributed by atoms with Gasteiger partial charge < -0.3 is 0 Å². The number of nitriles is 1. The van der Waals surface area contributed by atoms with Crippen LogP contribution in [0.15, 0.2) is 170 Å². The molecule has 0 bridgehead atoms. The molecular weight excluding hydrogens is 1460 g/mol. The van der Waals surface area contributed by atoms with Crippen molar-refractivity contribution in [3.8, 4) is 6.07 Å². The fourth-order valence-corrected chi connectivity index (χ4v) is 12.8. The quantitative estimate of drug-likeness (QED) is 0.0805. The highest BCUT2D eigenvalue weighted by Crippen LogP contribution is 2.34. The van der Waals surface area contributed by atoms with Crippen LogP contribution in [-0.4, -0.2) is 9.97 Å². The number of halogens is 4. The topological polar surface area (TPSA) is 53.9 Å². The number of nitrogens with zero attached hydrogens (tertiary/aromatic N) is 4. The predicted molar refractivity (Wildman–Crippen MR) is 508 cm³/mol. The van der Waals surface area contributed by atoms with E-state index in [-0.39, 0.29) is 23.5 Å². The maximum Gasteiger partial charge on any atom is 0.190 e. The maximum absolute atomic E-state index is 13.5. The zero-order valence-electron chi connectivity index (χ0n) is 78.9. The van der Waals surface area contributed by atoms with Gasteiger partial charge in [0.2, 0.25) is 0 Å². The van der Waals surface area contributed by atoms with E-state index in [1.807, 2.05) is 76.5 Å². The lowest BCUT2D eigenvalue weighted by atomic mass is 9.93. The SMILES string of the molecule is CC(C)c1ccc(C(C)C)c(C#N)c1.CC(C)c1ccc(C(C)C)c(Cl)c1.CC(C)c1ccc(C(C)C)c(Cl)c1.CC(C)c1ccc(C(C)C)c(F)c1.CC(C)c1ccc(C(C)C)c(F)c1.CC(C)c1ccc(C(C)C)cc1.CC(C)c1ccc(C(C)C)nc1.CC(C)c1ccc(C(C)C)nc1.[C-]#[N+]c1cc(C(C)C)ccc1C(C)C. The summed E-state index contributed by atoms with van der Waals surface area (Å²) < 4.78 is 26.9. The first-order chi connectivity index (χ1) is 54.0. The summed E-state index contributed by atoms with van der Waals surface area (Å²) in [7, 11) is 0. The summed E-state index contributed by atoms with van der Waals surface area (Å²) in [6.07, 6.45) is 3.97. The number of rotatable bonds is 18. The summed E-state index contributed by atoms with van der Waals surface area (Å²) in [5.41, 5.74) is 23.2. The van der Waals surface area contributed by atoms with Crippen molar-refractivity contribution >= 4 is 28.9 Å². The minimum absolute atomic E-state index is 0.0683. The van der Waals surface area contributed by atoms with Gasteiger partial charge in [-0.15, -0.1) is 0 Å². The number of hydrogen-bond donors (Lipinski definition) is 0. The molecule has 0 atom stereocenters. The van der Waals surface area contributed by atoms with E-state index in [9.17, 15) is 8.78 Å². The third-order valence-electron chi connectivity index (χ3n) is 20.6. The molecule has 0 saturated carbocycles. The molecule has 0 fully saturated rings. The lowest BCUT2D eigenvalue weighted by Crippen LogP contribution is -1.96. The van der Waals surface area contributed by atoms with Gasteiger partial charge in [0.1, 0.15) is 11.6 Å². The first kappa shape index (κ1) is 106. The maximum atomic E-state index is 13.5. The number of pyridine rings is 2. The van der Waals surface area contributed by atoms with Crippen molar-refractivity contribution in [1.82, 2.24) is 9.97 Å². The van der Waals surface area contributed by atoms with Crippen LogP contribution in [0.4, 0.5) is 14.5 Å². The van der Waals surface area contributed by atoms with Crippen LogP contribution in [0.25, 0.3) is 4.85 Å². The molecule has 116 heavy (non-hydrogen) atoms. The van der Waals surface area contributed by atoms with E-state index >= 15 is 0 Å². The van der Waals surface area contributed by atoms with E-state index in [2.05, 4.69) is 352 Å². The first-order valence-corrected chi connectivity index (χ1v) is 44.0. The molecule has 0 amide bonds. The van der Waals surface area contributed by atoms with E-state index in [1.54, 1.807) is 12.1 Å². The van der Waals surface area contributed by atoms with Gasteiger partial charge in [0.25, 0.3) is 0 Å². The van der Waals surface area contributed by atoms with Crippen LogP contribution >= 0.6 is 23.2 Å². The highest BCUT2D eigenvalue weighted by Gasteiger charge is 2.15. The Hall–Kier alpha value is -7.74. The Morgan fingerprint density at radius 3 is 0.698 bits per heavy atom. The van der Waals surface area contributed by atoms with Gasteiger partial charge in [-0.3, -0.25) is 9.97 Å². The fourth-order valence-electron chi connectivity index (χ4n) is 12.0. The first-order valence-electron chi connectivity index (χ1n) is 43.3. The monoisotopic (exact) mass is 1620 g/mol. The molecule has 0 N–H and O–H groups in total. The Morgan fingerprint density at radius 2 is 0.483 bits per heavy atom. The van der Waals surface area contributed by atoms with Gasteiger partial charge in [0.05, 0.1) is 18.2 Å². The van der Waals surface area contributed by atoms with Gasteiger partial charge in [0, 0.05) is 33.8 Å². The molecule has 0 aliphatic heterocycles. The number of benzene rings is 7. The lowest BCUT2D eigenvalue weighted by molar-refractivity contribution is 0.594. The second-order valence-corrected chi connectivity index (χ2v) is 37.3. The largest absolute Gasteiger partial charge is 0.261 e. The Balaban J connectivity index is 0.000000653. The molecule has 0 saturated heterocycles. The molecule has 8 heteroatoms. The highest BCUT2D eigenvalue weighted by atomic mass is 35.5. The van der Waals surface area contributed by atoms with Crippen molar-refractivity contribution in [3.05, 3.63) is 309 Å². The van der Waals surface area contributed by atoms with E-state index in [0.717, 1.165) is 54.7 Å². The Kier molecular flexibility index (Phi) is 49.1. The van der Waals surface area contributed by atoms with Crippen LogP contribution in [0.5, 0.6) is 0 Å². The molecule has 634 valence electrons. The van der Waals surface area contributed by atoms with Crippen LogP contribution in [0, 0.1) is 29.5 Å². The average Bonchev–Trinajstić information content (AvgIpc) is 0.872. The molecule has 7 aromatic carbocycles. The van der Waals surface area contributed by atoms with E-state index in [4.69, 9.17) is 35.0 Å². The second kappa shape index (κ2) is 53.6. The molecule has 9 aromatic rings. The van der Waals surface area contributed by atoms with Crippen LogP contribution in [0.1, 0.15) is 462 Å². The molecule has 4 nitrogen and oxygen atoms in total. The summed E-state index contributed by atoms with van der Waals surface area (Å²) in [4.78, 5) is 12.4. The van der Waals surface area contributed by atoms with E-state index in [0.29, 0.717) is 94.7 Å². The molecule has 0 unspecified atom stereocenters. The average molecular weight is 1620 g/mol. The van der Waals surface area contributed by atoms with Crippen molar-refractivity contribution in [2.75, 3.05) is 0 Å². The molecule has 0 spiro atoms. The fraction of sp³-hybridized carbons (Fsp3) is 0.500. The number of hydrogen-bond acceptors (Lipinski definition) is 3.